The highest BCUT2D eigenvalue weighted by Crippen LogP contribution is 2.65. The minimum Gasteiger partial charge on any atom is -0.390 e. The molecule has 4 saturated carbocycles. The second kappa shape index (κ2) is 6.82. The van der Waals surface area contributed by atoms with Gasteiger partial charge in [0.25, 0.3) is 0 Å². The van der Waals surface area contributed by atoms with E-state index >= 15 is 0 Å². The topological polar surface area (TPSA) is 50.9 Å². The summed E-state index contributed by atoms with van der Waals surface area (Å²) < 4.78 is 0. The van der Waals surface area contributed by atoms with Crippen molar-refractivity contribution in [3.63, 3.8) is 0 Å². The first-order valence-electron chi connectivity index (χ1n) is 11.9. The minimum absolute atomic E-state index is 0.397. The summed E-state index contributed by atoms with van der Waals surface area (Å²) in [5.41, 5.74) is 0.117. The fourth-order valence-corrected chi connectivity index (χ4v) is 8.78. The van der Waals surface area contributed by atoms with E-state index in [9.17, 15) is 5.11 Å². The molecule has 1 N–H and O–H groups in total. The van der Waals surface area contributed by atoms with Crippen LogP contribution in [0.1, 0.15) is 78.6 Å². The highest BCUT2D eigenvalue weighted by Gasteiger charge is 2.58. The molecule has 0 spiro atoms. The third-order valence-electron chi connectivity index (χ3n) is 9.92. The summed E-state index contributed by atoms with van der Waals surface area (Å²) in [5, 5.41) is 19.3. The average Bonchev–Trinajstić information content (AvgIpc) is 3.27. The van der Waals surface area contributed by atoms with E-state index in [0.29, 0.717) is 11.3 Å². The smallest absolute Gasteiger partial charge is 0.0693 e. The maximum absolute atomic E-state index is 10.6. The number of aliphatic hydroxyl groups is 1. The molecule has 0 saturated heterocycles. The zero-order valence-electron chi connectivity index (χ0n) is 18.1. The first-order chi connectivity index (χ1) is 13.4. The summed E-state index contributed by atoms with van der Waals surface area (Å²) in [5.74, 6) is 5.96. The minimum atomic E-state index is -0.397. The van der Waals surface area contributed by atoms with Gasteiger partial charge in [0.05, 0.1) is 24.5 Å². The highest BCUT2D eigenvalue weighted by atomic mass is 16.3. The van der Waals surface area contributed by atoms with Crippen LogP contribution in [-0.2, 0) is 6.54 Å². The van der Waals surface area contributed by atoms with Gasteiger partial charge in [-0.1, -0.05) is 13.8 Å². The van der Waals surface area contributed by atoms with E-state index < -0.39 is 5.60 Å². The Morgan fingerprint density at radius 1 is 0.964 bits per heavy atom. The van der Waals surface area contributed by atoms with Crippen molar-refractivity contribution in [2.24, 2.45) is 46.8 Å². The van der Waals surface area contributed by atoms with Gasteiger partial charge in [0.2, 0.25) is 0 Å². The first-order valence-corrected chi connectivity index (χ1v) is 11.9. The quantitative estimate of drug-likeness (QED) is 0.802. The molecule has 9 atom stereocenters. The normalized spacial score (nSPS) is 49.1. The van der Waals surface area contributed by atoms with Crippen molar-refractivity contribution in [3.8, 4) is 0 Å². The van der Waals surface area contributed by atoms with E-state index in [1.165, 1.54) is 44.9 Å². The molecule has 0 unspecified atom stereocenters. The molecular weight excluding hydrogens is 346 g/mol. The third kappa shape index (κ3) is 3.05. The molecule has 0 aromatic carbocycles. The largest absolute Gasteiger partial charge is 0.390 e. The number of nitrogens with zero attached hydrogens (tertiary/aromatic N) is 3. The molecule has 28 heavy (non-hydrogen) atoms. The zero-order chi connectivity index (χ0) is 19.5. The Kier molecular flexibility index (Phi) is 4.65. The van der Waals surface area contributed by atoms with Crippen molar-refractivity contribution in [1.29, 1.82) is 0 Å². The summed E-state index contributed by atoms with van der Waals surface area (Å²) in [4.78, 5) is 1.89. The predicted molar refractivity (Wildman–Crippen MR) is 110 cm³/mol. The van der Waals surface area contributed by atoms with Crippen LogP contribution >= 0.6 is 0 Å². The molecule has 0 aliphatic heterocycles. The third-order valence-corrected chi connectivity index (χ3v) is 9.92. The molecule has 5 rings (SSSR count). The molecule has 0 amide bonds. The van der Waals surface area contributed by atoms with E-state index in [4.69, 9.17) is 0 Å². The average molecular weight is 386 g/mol. The molecular formula is C24H39N3O. The Balaban J connectivity index is 1.31. The number of rotatable bonds is 3. The van der Waals surface area contributed by atoms with Crippen LogP contribution in [0.25, 0.3) is 0 Å². The number of aromatic nitrogens is 3. The van der Waals surface area contributed by atoms with Crippen molar-refractivity contribution in [2.45, 2.75) is 90.7 Å². The number of hydrogen-bond acceptors (Lipinski definition) is 3. The van der Waals surface area contributed by atoms with Crippen molar-refractivity contribution >= 4 is 0 Å². The molecule has 1 aromatic heterocycles. The molecule has 1 aromatic rings. The summed E-state index contributed by atoms with van der Waals surface area (Å²) in [6.07, 6.45) is 15.4. The fraction of sp³-hybridized carbons (Fsp3) is 0.917. The van der Waals surface area contributed by atoms with Gasteiger partial charge < -0.3 is 5.11 Å². The molecule has 0 bridgehead atoms. The van der Waals surface area contributed by atoms with Gasteiger partial charge >= 0.3 is 0 Å². The standard InChI is InChI=1S/C24H39N3O/c1-16(15-27-25-12-13-26-27)21-6-7-22-20-5-4-17-14-23(2,28)10-8-18(17)19(20)9-11-24(21,22)3/h12-13,16-22,28H,4-11,14-15H2,1-3H3/t16-,17+,18-,19+,20+,21+,22-,23+,24+/m0/s1. The Morgan fingerprint density at radius 2 is 1.71 bits per heavy atom. The van der Waals surface area contributed by atoms with Crippen LogP contribution < -0.4 is 0 Å². The lowest BCUT2D eigenvalue weighted by molar-refractivity contribution is -0.103. The van der Waals surface area contributed by atoms with Crippen LogP contribution in [0.4, 0.5) is 0 Å². The fourth-order valence-electron chi connectivity index (χ4n) is 8.78. The van der Waals surface area contributed by atoms with Crippen LogP contribution in [0.3, 0.4) is 0 Å². The zero-order valence-corrected chi connectivity index (χ0v) is 18.1. The Bertz CT molecular complexity index is 686. The molecule has 4 aliphatic rings. The van der Waals surface area contributed by atoms with Gasteiger partial charge in [0.1, 0.15) is 0 Å². The molecule has 4 fully saturated rings. The van der Waals surface area contributed by atoms with E-state index in [1.807, 2.05) is 4.80 Å². The number of hydrogen-bond donors (Lipinski definition) is 1. The van der Waals surface area contributed by atoms with Crippen LogP contribution in [0.15, 0.2) is 12.4 Å². The molecule has 4 nitrogen and oxygen atoms in total. The maximum Gasteiger partial charge on any atom is 0.0693 e. The molecule has 0 radical (unpaired) electrons. The first kappa shape index (κ1) is 19.1. The molecule has 1 heterocycles. The summed E-state index contributed by atoms with van der Waals surface area (Å²) in [6, 6.07) is 0. The van der Waals surface area contributed by atoms with E-state index in [2.05, 4.69) is 31.0 Å². The van der Waals surface area contributed by atoms with Gasteiger partial charge in [-0.25, -0.2) is 0 Å². The monoisotopic (exact) mass is 385 g/mol. The van der Waals surface area contributed by atoms with Gasteiger partial charge in [-0.2, -0.15) is 15.0 Å². The lowest BCUT2D eigenvalue weighted by atomic mass is 9.48. The van der Waals surface area contributed by atoms with Crippen LogP contribution in [0.5, 0.6) is 0 Å². The van der Waals surface area contributed by atoms with E-state index in [0.717, 1.165) is 54.9 Å². The molecule has 156 valence electrons. The number of fused-ring (bicyclic) bond motifs is 5. The molecule has 4 heteroatoms. The van der Waals surface area contributed by atoms with Gasteiger partial charge in [-0.15, -0.1) is 0 Å². The van der Waals surface area contributed by atoms with Crippen molar-refractivity contribution < 1.29 is 5.11 Å². The Labute approximate surface area is 170 Å². The van der Waals surface area contributed by atoms with E-state index in [-0.39, 0.29) is 0 Å². The lowest BCUT2D eigenvalue weighted by Gasteiger charge is -2.57. The second-order valence-electron chi connectivity index (χ2n) is 11.5. The van der Waals surface area contributed by atoms with Gasteiger partial charge in [-0.05, 0) is 112 Å². The van der Waals surface area contributed by atoms with Gasteiger partial charge in [0.15, 0.2) is 0 Å². The SMILES string of the molecule is C[C@@H](Cn1nccn1)[C@H]1CC[C@H]2[C@@H]3CC[C@@H]4C[C@](C)(O)CC[C@@H]4[C@H]3CC[C@]12C. The van der Waals surface area contributed by atoms with Gasteiger partial charge in [0, 0.05) is 0 Å². The van der Waals surface area contributed by atoms with Crippen molar-refractivity contribution in [3.05, 3.63) is 12.4 Å². The van der Waals surface area contributed by atoms with Crippen molar-refractivity contribution in [1.82, 2.24) is 15.0 Å². The predicted octanol–water partition coefficient (Wildman–Crippen LogP) is 4.93. The second-order valence-corrected chi connectivity index (χ2v) is 11.5. The lowest BCUT2D eigenvalue weighted by Crippen LogP contribution is -2.51. The van der Waals surface area contributed by atoms with E-state index in [1.54, 1.807) is 12.4 Å². The van der Waals surface area contributed by atoms with Crippen molar-refractivity contribution in [2.75, 3.05) is 0 Å². The molecule has 4 aliphatic carbocycles. The highest BCUT2D eigenvalue weighted by molar-refractivity contribution is 5.07. The summed E-state index contributed by atoms with van der Waals surface area (Å²) >= 11 is 0. The van der Waals surface area contributed by atoms with Crippen LogP contribution in [-0.4, -0.2) is 25.7 Å². The van der Waals surface area contributed by atoms with Crippen LogP contribution in [0, 0.1) is 46.8 Å². The summed E-state index contributed by atoms with van der Waals surface area (Å²) in [6.45, 7) is 8.11. The Morgan fingerprint density at radius 3 is 2.50 bits per heavy atom. The summed E-state index contributed by atoms with van der Waals surface area (Å²) in [7, 11) is 0. The maximum atomic E-state index is 10.6. The van der Waals surface area contributed by atoms with Gasteiger partial charge in [-0.3, -0.25) is 0 Å². The Hall–Kier alpha value is -0.900. The van der Waals surface area contributed by atoms with Crippen LogP contribution in [0.2, 0.25) is 0 Å².